The van der Waals surface area contributed by atoms with Crippen molar-refractivity contribution in [3.63, 3.8) is 0 Å². The second kappa shape index (κ2) is 6.49. The van der Waals surface area contributed by atoms with E-state index in [4.69, 9.17) is 22.1 Å². The van der Waals surface area contributed by atoms with E-state index in [-0.39, 0.29) is 12.6 Å². The maximum absolute atomic E-state index is 11.8. The predicted octanol–water partition coefficient (Wildman–Crippen LogP) is 3.38. The molecule has 0 aliphatic carbocycles. The van der Waals surface area contributed by atoms with Crippen LogP contribution in [0.3, 0.4) is 0 Å². The summed E-state index contributed by atoms with van der Waals surface area (Å²) in [6, 6.07) is 1.72. The highest BCUT2D eigenvalue weighted by Gasteiger charge is 2.11. The second-order valence-electron chi connectivity index (χ2n) is 3.47. The largest absolute Gasteiger partial charge is 0.375 e. The smallest absolute Gasteiger partial charge is 0.261 e. The van der Waals surface area contributed by atoms with Crippen LogP contribution in [0.15, 0.2) is 6.07 Å². The molecule has 0 aliphatic rings. The average Bonchev–Trinajstić information content (AvgIpc) is 2.54. The molecule has 6 heteroatoms. The molecule has 2 N–H and O–H groups in total. The third kappa shape index (κ3) is 4.33. The number of alkyl halides is 2. The van der Waals surface area contributed by atoms with E-state index in [1.165, 1.54) is 11.3 Å². The van der Waals surface area contributed by atoms with Crippen LogP contribution in [0.1, 0.15) is 22.9 Å². The van der Waals surface area contributed by atoms with Crippen molar-refractivity contribution >= 4 is 22.9 Å². The van der Waals surface area contributed by atoms with Gasteiger partial charge in [0.2, 0.25) is 0 Å². The molecule has 1 unspecified atom stereocenters. The summed E-state index contributed by atoms with van der Waals surface area (Å²) in [7, 11) is 0. The molecule has 1 heterocycles. The van der Waals surface area contributed by atoms with Crippen molar-refractivity contribution in [2.45, 2.75) is 25.8 Å². The zero-order valence-corrected chi connectivity index (χ0v) is 10.5. The number of nitrogens with two attached hydrogens (primary N) is 1. The standard InChI is InChI=1S/C10H14ClF2NOS/c1-6-4-8(16-10(6)11)7(14)2-3-15-5-9(12)13/h4,7,9H,2-3,5,14H2,1H3. The number of hydrogen-bond donors (Lipinski definition) is 1. The number of ether oxygens (including phenoxy) is 1. The van der Waals surface area contributed by atoms with Gasteiger partial charge < -0.3 is 10.5 Å². The molecule has 16 heavy (non-hydrogen) atoms. The zero-order valence-electron chi connectivity index (χ0n) is 8.88. The summed E-state index contributed by atoms with van der Waals surface area (Å²) in [6.07, 6.45) is -1.90. The Labute approximate surface area is 102 Å². The second-order valence-corrected chi connectivity index (χ2v) is 5.15. The van der Waals surface area contributed by atoms with Gasteiger partial charge in [-0.2, -0.15) is 0 Å². The Hall–Kier alpha value is -0.230. The normalized spacial score (nSPS) is 13.4. The SMILES string of the molecule is Cc1cc(C(N)CCOCC(F)F)sc1Cl. The Morgan fingerprint density at radius 1 is 1.56 bits per heavy atom. The summed E-state index contributed by atoms with van der Waals surface area (Å²) in [6.45, 7) is 1.61. The van der Waals surface area contributed by atoms with Crippen LogP contribution in [0, 0.1) is 6.92 Å². The number of halogens is 3. The van der Waals surface area contributed by atoms with E-state index in [0.717, 1.165) is 14.8 Å². The molecule has 1 atom stereocenters. The van der Waals surface area contributed by atoms with Gasteiger partial charge in [-0.25, -0.2) is 8.78 Å². The van der Waals surface area contributed by atoms with Crippen LogP contribution < -0.4 is 5.73 Å². The van der Waals surface area contributed by atoms with Crippen molar-refractivity contribution in [2.75, 3.05) is 13.2 Å². The van der Waals surface area contributed by atoms with E-state index in [1.807, 2.05) is 13.0 Å². The monoisotopic (exact) mass is 269 g/mol. The first-order valence-electron chi connectivity index (χ1n) is 4.88. The highest BCUT2D eigenvalue weighted by atomic mass is 35.5. The fraction of sp³-hybridized carbons (Fsp3) is 0.600. The molecule has 0 amide bonds. The zero-order chi connectivity index (χ0) is 12.1. The van der Waals surface area contributed by atoms with E-state index < -0.39 is 13.0 Å². The molecule has 0 saturated heterocycles. The quantitative estimate of drug-likeness (QED) is 0.804. The van der Waals surface area contributed by atoms with E-state index >= 15 is 0 Å². The number of rotatable bonds is 6. The molecule has 0 radical (unpaired) electrons. The lowest BCUT2D eigenvalue weighted by molar-refractivity contribution is 0.0153. The van der Waals surface area contributed by atoms with Crippen molar-refractivity contribution in [1.82, 2.24) is 0 Å². The van der Waals surface area contributed by atoms with Crippen LogP contribution >= 0.6 is 22.9 Å². The minimum atomic E-state index is -2.42. The Bertz CT molecular complexity index is 313. The van der Waals surface area contributed by atoms with Gasteiger partial charge in [-0.1, -0.05) is 11.6 Å². The van der Waals surface area contributed by atoms with E-state index in [2.05, 4.69) is 0 Å². The molecule has 1 aromatic heterocycles. The Kier molecular flexibility index (Phi) is 5.61. The number of hydrogen-bond acceptors (Lipinski definition) is 3. The molecular formula is C10H14ClF2NOS. The van der Waals surface area contributed by atoms with Crippen molar-refractivity contribution < 1.29 is 13.5 Å². The summed E-state index contributed by atoms with van der Waals surface area (Å²) >= 11 is 7.33. The highest BCUT2D eigenvalue weighted by Crippen LogP contribution is 2.31. The third-order valence-electron chi connectivity index (χ3n) is 2.06. The van der Waals surface area contributed by atoms with Gasteiger partial charge in [-0.15, -0.1) is 11.3 Å². The molecular weight excluding hydrogens is 256 g/mol. The molecule has 0 bridgehead atoms. The molecule has 0 aliphatic heterocycles. The van der Waals surface area contributed by atoms with Crippen LogP contribution in [0.4, 0.5) is 8.78 Å². The van der Waals surface area contributed by atoms with Gasteiger partial charge in [-0.3, -0.25) is 0 Å². The average molecular weight is 270 g/mol. The van der Waals surface area contributed by atoms with Crippen LogP contribution in [0.25, 0.3) is 0 Å². The summed E-state index contributed by atoms with van der Waals surface area (Å²) in [5, 5.41) is 0. The molecule has 1 aromatic rings. The fourth-order valence-corrected chi connectivity index (χ4v) is 2.44. The topological polar surface area (TPSA) is 35.2 Å². The van der Waals surface area contributed by atoms with Crippen molar-refractivity contribution in [1.29, 1.82) is 0 Å². The lowest BCUT2D eigenvalue weighted by Gasteiger charge is -2.09. The van der Waals surface area contributed by atoms with Gasteiger partial charge in [0.25, 0.3) is 6.43 Å². The summed E-state index contributed by atoms with van der Waals surface area (Å²) in [5.41, 5.74) is 6.87. The van der Waals surface area contributed by atoms with E-state index in [9.17, 15) is 8.78 Å². The molecule has 0 aromatic carbocycles. The lowest BCUT2D eigenvalue weighted by Crippen LogP contribution is -2.13. The van der Waals surface area contributed by atoms with Gasteiger partial charge in [0.15, 0.2) is 0 Å². The maximum Gasteiger partial charge on any atom is 0.261 e. The van der Waals surface area contributed by atoms with Crippen LogP contribution in [0.2, 0.25) is 4.34 Å². The molecule has 92 valence electrons. The summed E-state index contributed by atoms with van der Waals surface area (Å²) in [4.78, 5) is 0.961. The maximum atomic E-state index is 11.8. The van der Waals surface area contributed by atoms with Gasteiger partial charge in [0.1, 0.15) is 6.61 Å². The third-order valence-corrected chi connectivity index (χ3v) is 3.75. The van der Waals surface area contributed by atoms with Crippen molar-refractivity contribution in [2.24, 2.45) is 5.73 Å². The molecule has 0 saturated carbocycles. The lowest BCUT2D eigenvalue weighted by atomic mass is 10.2. The number of aryl methyl sites for hydroxylation is 1. The fourth-order valence-electron chi connectivity index (χ4n) is 1.19. The minimum absolute atomic E-state index is 0.200. The molecule has 1 rings (SSSR count). The first-order valence-corrected chi connectivity index (χ1v) is 6.07. The van der Waals surface area contributed by atoms with Gasteiger partial charge >= 0.3 is 0 Å². The first-order chi connectivity index (χ1) is 7.50. The van der Waals surface area contributed by atoms with Gasteiger partial charge in [0, 0.05) is 17.5 Å². The van der Waals surface area contributed by atoms with Crippen LogP contribution in [-0.2, 0) is 4.74 Å². The predicted molar refractivity (Wildman–Crippen MR) is 62.4 cm³/mol. The molecule has 0 fully saturated rings. The Morgan fingerprint density at radius 3 is 2.75 bits per heavy atom. The van der Waals surface area contributed by atoms with E-state index in [1.54, 1.807) is 0 Å². The molecule has 2 nitrogen and oxygen atoms in total. The summed E-state index contributed by atoms with van der Waals surface area (Å²) in [5.74, 6) is 0. The Balaban J connectivity index is 2.32. The highest BCUT2D eigenvalue weighted by molar-refractivity contribution is 7.16. The summed E-state index contributed by atoms with van der Waals surface area (Å²) < 4.78 is 29.0. The van der Waals surface area contributed by atoms with Crippen molar-refractivity contribution in [3.05, 3.63) is 20.8 Å². The van der Waals surface area contributed by atoms with Crippen LogP contribution in [-0.4, -0.2) is 19.6 Å². The first kappa shape index (κ1) is 13.8. The van der Waals surface area contributed by atoms with Crippen LogP contribution in [0.5, 0.6) is 0 Å². The van der Waals surface area contributed by atoms with Crippen molar-refractivity contribution in [3.8, 4) is 0 Å². The minimum Gasteiger partial charge on any atom is -0.375 e. The molecule has 0 spiro atoms. The van der Waals surface area contributed by atoms with Gasteiger partial charge in [-0.05, 0) is 25.0 Å². The van der Waals surface area contributed by atoms with Gasteiger partial charge in [0.05, 0.1) is 4.34 Å². The Morgan fingerprint density at radius 2 is 2.25 bits per heavy atom. The number of thiophene rings is 1. The van der Waals surface area contributed by atoms with E-state index in [0.29, 0.717) is 6.42 Å².